The van der Waals surface area contributed by atoms with Crippen LogP contribution >= 0.6 is 0 Å². The van der Waals surface area contributed by atoms with Crippen LogP contribution in [0.2, 0.25) is 0 Å². The van der Waals surface area contributed by atoms with Crippen LogP contribution in [0, 0.1) is 0 Å². The molecule has 0 fully saturated rings. The average molecular weight is 357 g/mol. The zero-order chi connectivity index (χ0) is 19.0. The number of esters is 1. The first-order chi connectivity index (χ1) is 11.6. The van der Waals surface area contributed by atoms with E-state index >= 15 is 0 Å². The van der Waals surface area contributed by atoms with E-state index in [1.54, 1.807) is 12.1 Å². The number of carbonyl (C=O) groups is 2. The molecule has 138 valence electrons. The van der Waals surface area contributed by atoms with Gasteiger partial charge in [0, 0.05) is 6.08 Å². The molecule has 0 radical (unpaired) electrons. The molecule has 0 saturated heterocycles. The molecular weight excluding hydrogens is 335 g/mol. The number of halogens is 3. The van der Waals surface area contributed by atoms with Gasteiger partial charge >= 0.3 is 12.1 Å². The first-order valence-corrected chi connectivity index (χ1v) is 7.91. The number of amides is 1. The van der Waals surface area contributed by atoms with Crippen LogP contribution in [0.25, 0.3) is 6.08 Å². The number of carbonyl (C=O) groups excluding carboxylic acids is 2. The zero-order valence-corrected chi connectivity index (χ0v) is 14.5. The topological polar surface area (TPSA) is 46.6 Å². The van der Waals surface area contributed by atoms with Gasteiger partial charge in [0.15, 0.2) is 0 Å². The van der Waals surface area contributed by atoms with Crippen LogP contribution in [0.4, 0.5) is 13.2 Å². The predicted octanol–water partition coefficient (Wildman–Crippen LogP) is 3.78. The van der Waals surface area contributed by atoms with Gasteiger partial charge < -0.3 is 9.64 Å². The summed E-state index contributed by atoms with van der Waals surface area (Å²) in [6.45, 7) is 3.39. The second-order valence-corrected chi connectivity index (χ2v) is 5.77. The SMILES string of the molecule is CCOC(=O)CN(CC(F)(F)F)C(=O)/C=C/c1ccc(C(C)C)cc1. The lowest BCUT2D eigenvalue weighted by Crippen LogP contribution is -2.41. The first-order valence-electron chi connectivity index (χ1n) is 7.91. The van der Waals surface area contributed by atoms with Crippen molar-refractivity contribution in [2.24, 2.45) is 0 Å². The van der Waals surface area contributed by atoms with Gasteiger partial charge in [0.1, 0.15) is 13.1 Å². The Morgan fingerprint density at radius 1 is 1.20 bits per heavy atom. The third-order valence-corrected chi connectivity index (χ3v) is 3.33. The normalized spacial score (nSPS) is 11.8. The molecule has 0 aliphatic heterocycles. The summed E-state index contributed by atoms with van der Waals surface area (Å²) >= 11 is 0. The molecule has 25 heavy (non-hydrogen) atoms. The largest absolute Gasteiger partial charge is 0.465 e. The van der Waals surface area contributed by atoms with E-state index in [4.69, 9.17) is 0 Å². The smallest absolute Gasteiger partial charge is 0.406 e. The van der Waals surface area contributed by atoms with E-state index in [0.717, 1.165) is 11.6 Å². The van der Waals surface area contributed by atoms with Crippen LogP contribution in [-0.4, -0.2) is 42.6 Å². The van der Waals surface area contributed by atoms with Crippen LogP contribution in [0.5, 0.6) is 0 Å². The average Bonchev–Trinajstić information content (AvgIpc) is 2.51. The lowest BCUT2D eigenvalue weighted by Gasteiger charge is -2.21. The molecule has 0 aliphatic carbocycles. The summed E-state index contributed by atoms with van der Waals surface area (Å²) in [4.78, 5) is 23.9. The molecule has 0 spiro atoms. The number of ether oxygens (including phenoxy) is 1. The molecule has 0 aliphatic rings. The van der Waals surface area contributed by atoms with Crippen LogP contribution in [-0.2, 0) is 14.3 Å². The van der Waals surface area contributed by atoms with Crippen molar-refractivity contribution < 1.29 is 27.5 Å². The number of nitrogens with zero attached hydrogens (tertiary/aromatic N) is 1. The van der Waals surface area contributed by atoms with E-state index < -0.39 is 31.1 Å². The van der Waals surface area contributed by atoms with E-state index in [1.807, 2.05) is 26.0 Å². The van der Waals surface area contributed by atoms with Crippen LogP contribution < -0.4 is 0 Å². The molecule has 1 amide bonds. The van der Waals surface area contributed by atoms with Gasteiger partial charge in [-0.1, -0.05) is 38.1 Å². The molecule has 0 heterocycles. The number of rotatable bonds is 7. The maximum Gasteiger partial charge on any atom is 0.406 e. The van der Waals surface area contributed by atoms with Gasteiger partial charge in [0.25, 0.3) is 0 Å². The minimum Gasteiger partial charge on any atom is -0.465 e. The highest BCUT2D eigenvalue weighted by atomic mass is 19.4. The Bertz CT molecular complexity index is 607. The Hall–Kier alpha value is -2.31. The summed E-state index contributed by atoms with van der Waals surface area (Å²) in [7, 11) is 0. The molecular formula is C18H22F3NO3. The van der Waals surface area contributed by atoms with Crippen molar-refractivity contribution in [1.29, 1.82) is 0 Å². The lowest BCUT2D eigenvalue weighted by molar-refractivity contribution is -0.164. The molecule has 7 heteroatoms. The fraction of sp³-hybridized carbons (Fsp3) is 0.444. The minimum atomic E-state index is -4.60. The Morgan fingerprint density at radius 2 is 1.80 bits per heavy atom. The van der Waals surface area contributed by atoms with Gasteiger partial charge in [-0.15, -0.1) is 0 Å². The molecule has 4 nitrogen and oxygen atoms in total. The summed E-state index contributed by atoms with van der Waals surface area (Å²) in [5.41, 5.74) is 1.80. The second-order valence-electron chi connectivity index (χ2n) is 5.77. The summed E-state index contributed by atoms with van der Waals surface area (Å²) in [5.74, 6) is -1.43. The molecule has 1 aromatic rings. The van der Waals surface area contributed by atoms with Gasteiger partial charge in [0.05, 0.1) is 6.61 Å². The minimum absolute atomic E-state index is 0.0327. The Morgan fingerprint density at radius 3 is 2.28 bits per heavy atom. The highest BCUT2D eigenvalue weighted by molar-refractivity contribution is 5.93. The second kappa shape index (κ2) is 9.25. The van der Waals surface area contributed by atoms with Crippen molar-refractivity contribution in [2.75, 3.05) is 19.7 Å². The van der Waals surface area contributed by atoms with E-state index in [-0.39, 0.29) is 6.61 Å². The Labute approximate surface area is 145 Å². The summed E-state index contributed by atoms with van der Waals surface area (Å²) in [6, 6.07) is 7.33. The summed E-state index contributed by atoms with van der Waals surface area (Å²) in [6.07, 6.45) is -2.16. The third kappa shape index (κ3) is 7.87. The molecule has 0 saturated carbocycles. The van der Waals surface area contributed by atoms with E-state index in [9.17, 15) is 22.8 Å². The first kappa shape index (κ1) is 20.7. The molecule has 0 N–H and O–H groups in total. The quantitative estimate of drug-likeness (QED) is 0.551. The third-order valence-electron chi connectivity index (χ3n) is 3.33. The van der Waals surface area contributed by atoms with E-state index in [2.05, 4.69) is 4.74 Å². The standard InChI is InChI=1S/C18H22F3NO3/c1-4-25-17(24)11-22(12-18(19,20)21)16(23)10-7-14-5-8-15(9-6-14)13(2)3/h5-10,13H,4,11-12H2,1-3H3/b10-7+. The fourth-order valence-corrected chi connectivity index (χ4v) is 2.06. The molecule has 1 aromatic carbocycles. The van der Waals surface area contributed by atoms with Crippen LogP contribution in [0.3, 0.4) is 0 Å². The Balaban J connectivity index is 2.83. The molecule has 0 unspecified atom stereocenters. The highest BCUT2D eigenvalue weighted by Gasteiger charge is 2.33. The number of hydrogen-bond donors (Lipinski definition) is 0. The highest BCUT2D eigenvalue weighted by Crippen LogP contribution is 2.18. The van der Waals surface area contributed by atoms with Crippen molar-refractivity contribution in [1.82, 2.24) is 4.90 Å². The van der Waals surface area contributed by atoms with Gasteiger partial charge in [-0.25, -0.2) is 0 Å². The predicted molar refractivity (Wildman–Crippen MR) is 88.8 cm³/mol. The van der Waals surface area contributed by atoms with Crippen molar-refractivity contribution in [3.05, 3.63) is 41.5 Å². The number of alkyl halides is 3. The van der Waals surface area contributed by atoms with Gasteiger partial charge in [0.2, 0.25) is 5.91 Å². The Kier molecular flexibility index (Phi) is 7.67. The van der Waals surface area contributed by atoms with Gasteiger partial charge in [-0.3, -0.25) is 9.59 Å². The number of benzene rings is 1. The maximum absolute atomic E-state index is 12.6. The fourth-order valence-electron chi connectivity index (χ4n) is 2.06. The van der Waals surface area contributed by atoms with Gasteiger partial charge in [-0.2, -0.15) is 13.2 Å². The van der Waals surface area contributed by atoms with Crippen molar-refractivity contribution in [2.45, 2.75) is 32.9 Å². The molecule has 0 aromatic heterocycles. The van der Waals surface area contributed by atoms with Crippen LogP contribution in [0.1, 0.15) is 37.8 Å². The van der Waals surface area contributed by atoms with Crippen molar-refractivity contribution in [3.8, 4) is 0 Å². The van der Waals surface area contributed by atoms with Crippen LogP contribution in [0.15, 0.2) is 30.3 Å². The van der Waals surface area contributed by atoms with Gasteiger partial charge in [-0.05, 0) is 30.0 Å². The monoisotopic (exact) mass is 357 g/mol. The zero-order valence-electron chi connectivity index (χ0n) is 14.5. The van der Waals surface area contributed by atoms with E-state index in [1.165, 1.54) is 13.0 Å². The maximum atomic E-state index is 12.6. The molecule has 0 atom stereocenters. The summed E-state index contributed by atoms with van der Waals surface area (Å²) in [5, 5.41) is 0. The molecule has 1 rings (SSSR count). The lowest BCUT2D eigenvalue weighted by atomic mass is 10.0. The molecule has 0 bridgehead atoms. The summed E-state index contributed by atoms with van der Waals surface area (Å²) < 4.78 is 42.5. The van der Waals surface area contributed by atoms with Crippen molar-refractivity contribution in [3.63, 3.8) is 0 Å². The van der Waals surface area contributed by atoms with E-state index in [0.29, 0.717) is 16.4 Å². The number of hydrogen-bond acceptors (Lipinski definition) is 3. The van der Waals surface area contributed by atoms with Crippen molar-refractivity contribution >= 4 is 18.0 Å².